The molecule has 28 heavy (non-hydrogen) atoms. The predicted octanol–water partition coefficient (Wildman–Crippen LogP) is 1.96. The lowest BCUT2D eigenvalue weighted by Gasteiger charge is -2.11. The molecule has 0 aliphatic heterocycles. The lowest BCUT2D eigenvalue weighted by Crippen LogP contribution is -2.25. The number of nitrogen functional groups attached to an aromatic ring is 1. The number of hydrogen-bond donors (Lipinski definition) is 3. The first-order chi connectivity index (χ1) is 13.5. The highest BCUT2D eigenvalue weighted by molar-refractivity contribution is 7.99. The number of nitrogens with one attached hydrogen (secondary N) is 2. The summed E-state index contributed by atoms with van der Waals surface area (Å²) in [5, 5.41) is 13.8. The van der Waals surface area contributed by atoms with Crippen LogP contribution < -0.4 is 16.5 Å². The number of nitrogens with zero attached hydrogens (tertiary/aromatic N) is 3. The molecule has 0 unspecified atom stereocenters. The first-order valence-electron chi connectivity index (χ1n) is 8.55. The van der Waals surface area contributed by atoms with Crippen LogP contribution in [0.3, 0.4) is 0 Å². The minimum absolute atomic E-state index is 0.0926. The van der Waals surface area contributed by atoms with Gasteiger partial charge in [-0.15, -0.1) is 10.2 Å². The third-order valence-corrected chi connectivity index (χ3v) is 4.85. The summed E-state index contributed by atoms with van der Waals surface area (Å²) in [6.07, 6.45) is 0. The minimum Gasteiger partial charge on any atom is -0.348 e. The molecule has 3 aromatic rings. The maximum atomic E-state index is 12.5. The van der Waals surface area contributed by atoms with Gasteiger partial charge in [0, 0.05) is 6.54 Å². The molecule has 3 rings (SSSR count). The molecule has 144 valence electrons. The summed E-state index contributed by atoms with van der Waals surface area (Å²) >= 11 is 1.17. The van der Waals surface area contributed by atoms with E-state index in [9.17, 15) is 9.59 Å². The van der Waals surface area contributed by atoms with E-state index in [4.69, 9.17) is 5.84 Å². The first-order valence-corrected chi connectivity index (χ1v) is 9.54. The normalized spacial score (nSPS) is 10.5. The summed E-state index contributed by atoms with van der Waals surface area (Å²) in [6.45, 7) is 2.13. The molecule has 0 atom stereocenters. The molecule has 1 heterocycles. The van der Waals surface area contributed by atoms with Crippen molar-refractivity contribution in [2.24, 2.45) is 0 Å². The monoisotopic (exact) mass is 396 g/mol. The van der Waals surface area contributed by atoms with E-state index in [-0.39, 0.29) is 17.6 Å². The van der Waals surface area contributed by atoms with Gasteiger partial charge in [0.15, 0.2) is 0 Å². The van der Waals surface area contributed by atoms with E-state index >= 15 is 0 Å². The number of amides is 2. The molecule has 0 aliphatic carbocycles. The number of aromatic nitrogens is 3. The molecule has 0 aliphatic rings. The summed E-state index contributed by atoms with van der Waals surface area (Å²) in [7, 11) is 0. The summed E-state index contributed by atoms with van der Waals surface area (Å²) in [6, 6.07) is 16.5. The van der Waals surface area contributed by atoms with Gasteiger partial charge >= 0.3 is 0 Å². The standard InChI is InChI=1S/C19H20N6O2S/c1-13-23-24-19(25(13)20)28-12-17(26)22-16-10-6-5-9-15(16)18(27)21-11-14-7-3-2-4-8-14/h2-10H,11-12,20H2,1H3,(H,21,27)(H,22,26). The lowest BCUT2D eigenvalue weighted by atomic mass is 10.1. The molecule has 0 bridgehead atoms. The summed E-state index contributed by atoms with van der Waals surface area (Å²) in [5.41, 5.74) is 1.84. The smallest absolute Gasteiger partial charge is 0.253 e. The van der Waals surface area contributed by atoms with Crippen LogP contribution in [0.1, 0.15) is 21.7 Å². The van der Waals surface area contributed by atoms with E-state index in [0.717, 1.165) is 5.56 Å². The summed E-state index contributed by atoms with van der Waals surface area (Å²) < 4.78 is 1.32. The van der Waals surface area contributed by atoms with Crippen LogP contribution in [0.4, 0.5) is 5.69 Å². The highest BCUT2D eigenvalue weighted by Crippen LogP contribution is 2.18. The van der Waals surface area contributed by atoms with Crippen molar-refractivity contribution in [3.63, 3.8) is 0 Å². The number of thioether (sulfide) groups is 1. The number of rotatable bonds is 7. The molecule has 1 aromatic heterocycles. The maximum absolute atomic E-state index is 12.5. The number of para-hydroxylation sites is 1. The SMILES string of the molecule is Cc1nnc(SCC(=O)Nc2ccccc2C(=O)NCc2ccccc2)n1N. The third-order valence-electron chi connectivity index (χ3n) is 3.91. The highest BCUT2D eigenvalue weighted by Gasteiger charge is 2.14. The van der Waals surface area contributed by atoms with Crippen molar-refractivity contribution in [3.8, 4) is 0 Å². The molecule has 0 radical (unpaired) electrons. The number of hydrogen-bond acceptors (Lipinski definition) is 6. The largest absolute Gasteiger partial charge is 0.348 e. The predicted molar refractivity (Wildman–Crippen MR) is 108 cm³/mol. The van der Waals surface area contributed by atoms with E-state index < -0.39 is 0 Å². The summed E-state index contributed by atoms with van der Waals surface area (Å²) in [5.74, 6) is 5.89. The average molecular weight is 396 g/mol. The van der Waals surface area contributed by atoms with Crippen LogP contribution in [-0.4, -0.2) is 32.4 Å². The topological polar surface area (TPSA) is 115 Å². The fraction of sp³-hybridized carbons (Fsp3) is 0.158. The van der Waals surface area contributed by atoms with Crippen LogP contribution in [0.15, 0.2) is 59.8 Å². The molecule has 0 spiro atoms. The maximum Gasteiger partial charge on any atom is 0.253 e. The molecular weight excluding hydrogens is 376 g/mol. The molecule has 8 nitrogen and oxygen atoms in total. The molecule has 0 fully saturated rings. The van der Waals surface area contributed by atoms with Crippen LogP contribution >= 0.6 is 11.8 Å². The van der Waals surface area contributed by atoms with Gasteiger partial charge in [-0.25, -0.2) is 4.68 Å². The Bertz CT molecular complexity index is 974. The Labute approximate surface area is 166 Å². The van der Waals surface area contributed by atoms with Crippen LogP contribution in [0.5, 0.6) is 0 Å². The molecule has 2 amide bonds. The van der Waals surface area contributed by atoms with Crippen molar-refractivity contribution < 1.29 is 9.59 Å². The quantitative estimate of drug-likeness (QED) is 0.415. The van der Waals surface area contributed by atoms with Gasteiger partial charge < -0.3 is 16.5 Å². The Morgan fingerprint density at radius 2 is 1.79 bits per heavy atom. The Morgan fingerprint density at radius 3 is 2.50 bits per heavy atom. The second-order valence-corrected chi connectivity index (χ2v) is 6.89. The molecule has 2 aromatic carbocycles. The second-order valence-electron chi connectivity index (χ2n) is 5.95. The Hall–Kier alpha value is -3.33. The minimum atomic E-state index is -0.269. The van der Waals surface area contributed by atoms with Gasteiger partial charge in [-0.3, -0.25) is 9.59 Å². The summed E-state index contributed by atoms with van der Waals surface area (Å²) in [4.78, 5) is 24.8. The van der Waals surface area contributed by atoms with Gasteiger partial charge in [-0.1, -0.05) is 54.2 Å². The van der Waals surface area contributed by atoms with Crippen molar-refractivity contribution in [3.05, 3.63) is 71.5 Å². The number of benzene rings is 2. The second kappa shape index (κ2) is 9.05. The van der Waals surface area contributed by atoms with Gasteiger partial charge in [-0.05, 0) is 24.6 Å². The Morgan fingerprint density at radius 1 is 1.07 bits per heavy atom. The molecule has 0 saturated carbocycles. The number of anilines is 1. The van der Waals surface area contributed by atoms with Crippen LogP contribution in [0.25, 0.3) is 0 Å². The van der Waals surface area contributed by atoms with E-state index in [2.05, 4.69) is 20.8 Å². The molecule has 4 N–H and O–H groups in total. The highest BCUT2D eigenvalue weighted by atomic mass is 32.2. The van der Waals surface area contributed by atoms with Gasteiger partial charge in [0.1, 0.15) is 5.82 Å². The molecule has 9 heteroatoms. The van der Waals surface area contributed by atoms with Gasteiger partial charge in [0.2, 0.25) is 11.1 Å². The van der Waals surface area contributed by atoms with Crippen LogP contribution in [0.2, 0.25) is 0 Å². The molecular formula is C19H20N6O2S. The van der Waals surface area contributed by atoms with Crippen molar-refractivity contribution in [1.29, 1.82) is 0 Å². The number of carbonyl (C=O) groups excluding carboxylic acids is 2. The van der Waals surface area contributed by atoms with Crippen LogP contribution in [-0.2, 0) is 11.3 Å². The average Bonchev–Trinajstić information content (AvgIpc) is 3.04. The zero-order chi connectivity index (χ0) is 19.9. The Kier molecular flexibility index (Phi) is 6.28. The fourth-order valence-corrected chi connectivity index (χ4v) is 3.13. The van der Waals surface area contributed by atoms with Crippen molar-refractivity contribution >= 4 is 29.3 Å². The zero-order valence-corrected chi connectivity index (χ0v) is 16.1. The third kappa shape index (κ3) is 4.89. The number of carbonyl (C=O) groups is 2. The van der Waals surface area contributed by atoms with Crippen LogP contribution in [0, 0.1) is 6.92 Å². The number of aryl methyl sites for hydroxylation is 1. The number of nitrogens with two attached hydrogens (primary N) is 1. The van der Waals surface area contributed by atoms with Crippen molar-refractivity contribution in [2.75, 3.05) is 16.9 Å². The van der Waals surface area contributed by atoms with E-state index in [1.807, 2.05) is 30.3 Å². The lowest BCUT2D eigenvalue weighted by molar-refractivity contribution is -0.113. The van der Waals surface area contributed by atoms with Gasteiger partial charge in [0.25, 0.3) is 5.91 Å². The van der Waals surface area contributed by atoms with Crippen molar-refractivity contribution in [2.45, 2.75) is 18.6 Å². The van der Waals surface area contributed by atoms with E-state index in [0.29, 0.717) is 28.8 Å². The Balaban J connectivity index is 1.60. The molecule has 0 saturated heterocycles. The van der Waals surface area contributed by atoms with Gasteiger partial charge in [-0.2, -0.15) is 0 Å². The van der Waals surface area contributed by atoms with E-state index in [1.165, 1.54) is 16.4 Å². The zero-order valence-electron chi connectivity index (χ0n) is 15.3. The fourth-order valence-electron chi connectivity index (χ4n) is 2.43. The first kappa shape index (κ1) is 19.4. The van der Waals surface area contributed by atoms with Crippen molar-refractivity contribution in [1.82, 2.24) is 20.2 Å². The van der Waals surface area contributed by atoms with Gasteiger partial charge in [0.05, 0.1) is 17.0 Å². The van der Waals surface area contributed by atoms with E-state index in [1.54, 1.807) is 31.2 Å².